The predicted molar refractivity (Wildman–Crippen MR) is 157 cm³/mol. The molecule has 2 aromatic heterocycles. The number of thiocarbonyl (C=S) groups is 1. The molecular weight excluding hydrogens is 537 g/mol. The fourth-order valence-electron chi connectivity index (χ4n) is 5.07. The summed E-state index contributed by atoms with van der Waals surface area (Å²) in [6.45, 7) is 4.57. The second kappa shape index (κ2) is 11.2. The van der Waals surface area contributed by atoms with Crippen molar-refractivity contribution in [1.82, 2.24) is 19.8 Å². The Bertz CT molecular complexity index is 1480. The third kappa shape index (κ3) is 5.27. The molecule has 1 saturated heterocycles. The lowest BCUT2D eigenvalue weighted by molar-refractivity contribution is -0.116. The molecule has 1 amide bonds. The van der Waals surface area contributed by atoms with E-state index in [1.165, 1.54) is 0 Å². The van der Waals surface area contributed by atoms with Gasteiger partial charge in [0.25, 0.3) is 0 Å². The first-order chi connectivity index (χ1) is 18.3. The molecule has 2 N–H and O–H groups in total. The lowest BCUT2D eigenvalue weighted by atomic mass is 9.96. The van der Waals surface area contributed by atoms with Gasteiger partial charge in [-0.25, -0.2) is 0 Å². The van der Waals surface area contributed by atoms with E-state index >= 15 is 0 Å². The van der Waals surface area contributed by atoms with Gasteiger partial charge in [-0.15, -0.1) is 0 Å². The van der Waals surface area contributed by atoms with E-state index in [4.69, 9.17) is 35.4 Å². The molecule has 1 aliphatic rings. The van der Waals surface area contributed by atoms with Gasteiger partial charge in [0.15, 0.2) is 5.11 Å². The molecule has 3 heterocycles. The average molecular weight is 565 g/mol. The van der Waals surface area contributed by atoms with Crippen LogP contribution in [0.25, 0.3) is 5.69 Å². The van der Waals surface area contributed by atoms with Crippen LogP contribution in [0, 0.1) is 13.8 Å². The Morgan fingerprint density at radius 3 is 2.53 bits per heavy atom. The van der Waals surface area contributed by atoms with Gasteiger partial charge in [0.05, 0.1) is 28.5 Å². The number of aromatic nitrogens is 2. The molecule has 5 rings (SSSR count). The summed E-state index contributed by atoms with van der Waals surface area (Å²) in [5.74, 6) is -0.0718. The first kappa shape index (κ1) is 26.2. The zero-order chi connectivity index (χ0) is 26.8. The van der Waals surface area contributed by atoms with Crippen molar-refractivity contribution in [2.75, 3.05) is 11.9 Å². The van der Waals surface area contributed by atoms with Crippen LogP contribution in [0.1, 0.15) is 41.1 Å². The zero-order valence-corrected chi connectivity index (χ0v) is 23.3. The molecule has 0 aliphatic carbocycles. The number of carbonyl (C=O) groups excluding carboxylic acids is 1. The van der Waals surface area contributed by atoms with Crippen molar-refractivity contribution in [1.29, 1.82) is 0 Å². The molecule has 6 nitrogen and oxygen atoms in total. The maximum absolute atomic E-state index is 12.8. The number of benzene rings is 2. The minimum atomic E-state index is -0.185. The number of aryl methyl sites for hydroxylation is 1. The lowest BCUT2D eigenvalue weighted by Crippen LogP contribution is -2.32. The van der Waals surface area contributed by atoms with E-state index in [9.17, 15) is 4.79 Å². The predicted octanol–water partition coefficient (Wildman–Crippen LogP) is 6.80. The summed E-state index contributed by atoms with van der Waals surface area (Å²) in [7, 11) is 0. The Hall–Kier alpha value is -3.39. The minimum absolute atomic E-state index is 0.0718. The van der Waals surface area contributed by atoms with Gasteiger partial charge in [0, 0.05) is 41.3 Å². The first-order valence-electron chi connectivity index (χ1n) is 12.3. The highest BCUT2D eigenvalue weighted by Crippen LogP contribution is 2.42. The van der Waals surface area contributed by atoms with Crippen LogP contribution in [0.4, 0.5) is 5.69 Å². The number of halogens is 2. The number of anilines is 1. The van der Waals surface area contributed by atoms with Crippen LogP contribution < -0.4 is 10.6 Å². The van der Waals surface area contributed by atoms with Crippen molar-refractivity contribution >= 4 is 52.1 Å². The summed E-state index contributed by atoms with van der Waals surface area (Å²) in [6, 6.07) is 22.6. The van der Waals surface area contributed by atoms with Gasteiger partial charge in [0.2, 0.25) is 5.91 Å². The van der Waals surface area contributed by atoms with Crippen molar-refractivity contribution in [3.63, 3.8) is 0 Å². The third-order valence-corrected chi connectivity index (χ3v) is 7.66. The summed E-state index contributed by atoms with van der Waals surface area (Å²) in [5, 5.41) is 8.18. The van der Waals surface area contributed by atoms with Crippen molar-refractivity contribution in [2.45, 2.75) is 32.4 Å². The van der Waals surface area contributed by atoms with Gasteiger partial charge >= 0.3 is 0 Å². The Balaban J connectivity index is 1.49. The Labute approximate surface area is 237 Å². The number of rotatable bonds is 7. The van der Waals surface area contributed by atoms with Crippen LogP contribution in [-0.2, 0) is 4.79 Å². The molecule has 4 aromatic rings. The molecule has 0 bridgehead atoms. The van der Waals surface area contributed by atoms with Crippen LogP contribution in [0.2, 0.25) is 10.0 Å². The van der Waals surface area contributed by atoms with Crippen molar-refractivity contribution < 1.29 is 4.79 Å². The summed E-state index contributed by atoms with van der Waals surface area (Å²) in [5.41, 5.74) is 5.65. The fourth-order valence-corrected chi connectivity index (χ4v) is 5.90. The highest BCUT2D eigenvalue weighted by molar-refractivity contribution is 7.80. The molecule has 2 atom stereocenters. The summed E-state index contributed by atoms with van der Waals surface area (Å²) in [6.07, 6.45) is 2.06. The van der Waals surface area contributed by atoms with Crippen LogP contribution >= 0.6 is 35.4 Å². The zero-order valence-electron chi connectivity index (χ0n) is 21.0. The number of para-hydroxylation sites is 1. The Morgan fingerprint density at radius 1 is 1.05 bits per heavy atom. The van der Waals surface area contributed by atoms with Gasteiger partial charge in [-0.2, -0.15) is 0 Å². The van der Waals surface area contributed by atoms with E-state index in [0.717, 1.165) is 34.0 Å². The molecule has 0 spiro atoms. The summed E-state index contributed by atoms with van der Waals surface area (Å²) >= 11 is 18.6. The quantitative estimate of drug-likeness (QED) is 0.242. The van der Waals surface area contributed by atoms with Gasteiger partial charge in [-0.05, 0) is 80.2 Å². The Kier molecular flexibility index (Phi) is 7.70. The second-order valence-electron chi connectivity index (χ2n) is 9.24. The van der Waals surface area contributed by atoms with Gasteiger partial charge in [-0.1, -0.05) is 47.5 Å². The molecule has 0 unspecified atom stereocenters. The fraction of sp³-hybridized carbons (Fsp3) is 0.207. The van der Waals surface area contributed by atoms with Crippen molar-refractivity contribution in [3.8, 4) is 5.69 Å². The second-order valence-corrected chi connectivity index (χ2v) is 10.5. The third-order valence-electron chi connectivity index (χ3n) is 6.77. The average Bonchev–Trinajstić information content (AvgIpc) is 3.38. The number of amides is 1. The van der Waals surface area contributed by atoms with Crippen LogP contribution in [0.3, 0.4) is 0 Å². The number of hydrogen-bond donors (Lipinski definition) is 2. The molecule has 38 heavy (non-hydrogen) atoms. The number of nitrogens with one attached hydrogen (secondary N) is 2. The molecule has 1 aliphatic heterocycles. The molecule has 2 aromatic carbocycles. The molecular formula is C29H27Cl2N5OS. The highest BCUT2D eigenvalue weighted by atomic mass is 35.5. The Morgan fingerprint density at radius 2 is 1.82 bits per heavy atom. The van der Waals surface area contributed by atoms with Crippen molar-refractivity contribution in [3.05, 3.63) is 112 Å². The maximum Gasteiger partial charge on any atom is 0.226 e. The SMILES string of the molecule is Cc1cc([C@@H]2[C@@H](c3ccccn3)NC(=S)N2CCC(=O)Nc2ccccc2)c(C)n1-c1ccc(Cl)cc1Cl. The monoisotopic (exact) mass is 563 g/mol. The number of carbonyl (C=O) groups is 1. The van der Waals surface area contributed by atoms with Crippen LogP contribution in [0.15, 0.2) is 79.0 Å². The summed E-state index contributed by atoms with van der Waals surface area (Å²) < 4.78 is 2.13. The van der Waals surface area contributed by atoms with E-state index in [2.05, 4.69) is 45.0 Å². The largest absolute Gasteiger partial charge is 0.352 e. The van der Waals surface area contributed by atoms with Crippen LogP contribution in [-0.4, -0.2) is 32.0 Å². The molecule has 194 valence electrons. The van der Waals surface area contributed by atoms with Crippen LogP contribution in [0.5, 0.6) is 0 Å². The lowest BCUT2D eigenvalue weighted by Gasteiger charge is -2.28. The topological polar surface area (TPSA) is 62.2 Å². The number of pyridine rings is 1. The van der Waals surface area contributed by atoms with Gasteiger partial charge < -0.3 is 20.1 Å². The summed E-state index contributed by atoms with van der Waals surface area (Å²) in [4.78, 5) is 19.5. The van der Waals surface area contributed by atoms with Gasteiger partial charge in [0.1, 0.15) is 0 Å². The molecule has 0 saturated carbocycles. The first-order valence-corrected chi connectivity index (χ1v) is 13.5. The standard InChI is InChI=1S/C29H27Cl2N5OS/c1-18-16-22(19(2)36(18)25-12-11-20(30)17-23(25)31)28-27(24-10-6-7-14-32-24)34-29(38)35(28)15-13-26(37)33-21-8-4-3-5-9-21/h3-12,14,16-17,27-28H,13,15H2,1-2H3,(H,33,37)(H,34,38)/t27-,28-/m1/s1. The smallest absolute Gasteiger partial charge is 0.226 e. The van der Waals surface area contributed by atoms with E-state index < -0.39 is 0 Å². The van der Waals surface area contributed by atoms with Crippen molar-refractivity contribution in [2.24, 2.45) is 0 Å². The molecule has 0 radical (unpaired) electrons. The van der Waals surface area contributed by atoms with E-state index in [1.54, 1.807) is 12.3 Å². The molecule has 1 fully saturated rings. The minimum Gasteiger partial charge on any atom is -0.352 e. The molecule has 9 heteroatoms. The highest BCUT2D eigenvalue weighted by Gasteiger charge is 2.41. The van der Waals surface area contributed by atoms with Gasteiger partial charge in [-0.3, -0.25) is 9.78 Å². The van der Waals surface area contributed by atoms with E-state index in [0.29, 0.717) is 21.7 Å². The number of hydrogen-bond acceptors (Lipinski definition) is 3. The maximum atomic E-state index is 12.8. The number of nitrogens with zero attached hydrogens (tertiary/aromatic N) is 3. The van der Waals surface area contributed by atoms with E-state index in [-0.39, 0.29) is 24.4 Å². The van der Waals surface area contributed by atoms with E-state index in [1.807, 2.05) is 60.7 Å². The normalized spacial score (nSPS) is 16.9.